The molecule has 2 N–H and O–H groups in total. The van der Waals surface area contributed by atoms with Gasteiger partial charge in [-0.15, -0.1) is 0 Å². The number of aliphatic hydroxyl groups is 1. The molecule has 2 heterocycles. The summed E-state index contributed by atoms with van der Waals surface area (Å²) in [4.78, 5) is 38.8. The van der Waals surface area contributed by atoms with Gasteiger partial charge in [-0.25, -0.2) is 0 Å². The second kappa shape index (κ2) is 5.63. The number of rotatable bonds is 4. The summed E-state index contributed by atoms with van der Waals surface area (Å²) in [7, 11) is 1.57. The molecule has 0 aromatic rings. The monoisotopic (exact) mass is 297 g/mol. The quantitative estimate of drug-likeness (QED) is 0.693. The van der Waals surface area contributed by atoms with Crippen LogP contribution in [0.3, 0.4) is 0 Å². The van der Waals surface area contributed by atoms with Crippen LogP contribution in [0.25, 0.3) is 0 Å². The summed E-state index contributed by atoms with van der Waals surface area (Å²) in [5.41, 5.74) is -1.02. The summed E-state index contributed by atoms with van der Waals surface area (Å²) in [5, 5.41) is 12.2. The molecule has 2 aliphatic rings. The number of amides is 3. The van der Waals surface area contributed by atoms with Gasteiger partial charge in [-0.05, 0) is 13.8 Å². The van der Waals surface area contributed by atoms with Crippen molar-refractivity contribution >= 4 is 17.7 Å². The zero-order valence-corrected chi connectivity index (χ0v) is 12.8. The van der Waals surface area contributed by atoms with Gasteiger partial charge in [0.25, 0.3) is 0 Å². The smallest absolute Gasteiger partial charge is 0.225 e. The first-order valence-corrected chi connectivity index (χ1v) is 7.22. The Labute approximate surface area is 124 Å². The summed E-state index contributed by atoms with van der Waals surface area (Å²) in [6.07, 6.45) is 0.322. The van der Waals surface area contributed by atoms with Crippen LogP contribution in [0.1, 0.15) is 26.7 Å². The summed E-state index contributed by atoms with van der Waals surface area (Å²) >= 11 is 0. The van der Waals surface area contributed by atoms with E-state index in [4.69, 9.17) is 0 Å². The fourth-order valence-corrected chi connectivity index (χ4v) is 2.80. The van der Waals surface area contributed by atoms with Crippen molar-refractivity contribution in [2.45, 2.75) is 38.3 Å². The number of nitrogens with zero attached hydrogens (tertiary/aromatic N) is 2. The van der Waals surface area contributed by atoms with Crippen LogP contribution in [0.2, 0.25) is 0 Å². The molecule has 0 bridgehead atoms. The van der Waals surface area contributed by atoms with Crippen LogP contribution in [0.15, 0.2) is 0 Å². The van der Waals surface area contributed by atoms with Gasteiger partial charge in [0.15, 0.2) is 0 Å². The van der Waals surface area contributed by atoms with E-state index >= 15 is 0 Å². The van der Waals surface area contributed by atoms with Gasteiger partial charge >= 0.3 is 0 Å². The first-order chi connectivity index (χ1) is 9.71. The van der Waals surface area contributed by atoms with Crippen molar-refractivity contribution in [3.05, 3.63) is 0 Å². The van der Waals surface area contributed by atoms with Crippen molar-refractivity contribution in [2.24, 2.45) is 5.92 Å². The van der Waals surface area contributed by atoms with E-state index in [-0.39, 0.29) is 42.5 Å². The molecule has 1 atom stereocenters. The molecule has 3 amide bonds. The summed E-state index contributed by atoms with van der Waals surface area (Å²) in [5.74, 6) is -0.528. The maximum absolute atomic E-state index is 11.9. The average Bonchev–Trinajstić information content (AvgIpc) is 2.66. The standard InChI is InChI=1S/C14H23N3O4/c1-14(2,21)5-12(19)16-7-10(8-16)17-6-9(4-11(17)18)13(20)15-3/h9-10,21H,4-8H2,1-3H3,(H,15,20). The largest absolute Gasteiger partial charge is 0.390 e. The third-order valence-corrected chi connectivity index (χ3v) is 4.02. The lowest BCUT2D eigenvalue weighted by atomic mass is 10.0. The summed E-state index contributed by atoms with van der Waals surface area (Å²) < 4.78 is 0. The molecule has 1 unspecified atom stereocenters. The van der Waals surface area contributed by atoms with Crippen LogP contribution >= 0.6 is 0 Å². The van der Waals surface area contributed by atoms with Crippen molar-refractivity contribution in [2.75, 3.05) is 26.7 Å². The van der Waals surface area contributed by atoms with E-state index in [1.807, 2.05) is 0 Å². The van der Waals surface area contributed by atoms with Crippen LogP contribution in [0.4, 0.5) is 0 Å². The van der Waals surface area contributed by atoms with Gasteiger partial charge in [-0.1, -0.05) is 0 Å². The molecule has 7 nitrogen and oxygen atoms in total. The van der Waals surface area contributed by atoms with Crippen LogP contribution in [-0.4, -0.2) is 71.0 Å². The Kier molecular flexibility index (Phi) is 4.22. The number of likely N-dealkylation sites (tertiary alicyclic amines) is 2. The summed E-state index contributed by atoms with van der Waals surface area (Å²) in [6, 6.07) is -0.00193. The number of carbonyl (C=O) groups is 3. The third-order valence-electron chi connectivity index (χ3n) is 4.02. The third kappa shape index (κ3) is 3.53. The highest BCUT2D eigenvalue weighted by atomic mass is 16.3. The van der Waals surface area contributed by atoms with E-state index in [9.17, 15) is 19.5 Å². The number of nitrogens with one attached hydrogen (secondary N) is 1. The van der Waals surface area contributed by atoms with Gasteiger partial charge in [0.05, 0.1) is 24.0 Å². The number of hydrogen-bond acceptors (Lipinski definition) is 4. The van der Waals surface area contributed by atoms with Crippen LogP contribution in [0, 0.1) is 5.92 Å². The minimum absolute atomic E-state index is 0.00193. The van der Waals surface area contributed by atoms with Crippen LogP contribution in [-0.2, 0) is 14.4 Å². The van der Waals surface area contributed by atoms with Crippen LogP contribution in [0.5, 0.6) is 0 Å². The molecule has 0 radical (unpaired) electrons. The van der Waals surface area contributed by atoms with E-state index in [2.05, 4.69) is 5.32 Å². The number of hydrogen-bond donors (Lipinski definition) is 2. The molecule has 118 valence electrons. The summed E-state index contributed by atoms with van der Waals surface area (Å²) in [6.45, 7) is 4.60. The Bertz CT molecular complexity index is 452. The lowest BCUT2D eigenvalue weighted by Crippen LogP contribution is -2.62. The molecule has 7 heteroatoms. The molecule has 2 saturated heterocycles. The fraction of sp³-hybridized carbons (Fsp3) is 0.786. The Balaban J connectivity index is 1.83. The molecule has 0 aromatic carbocycles. The predicted octanol–water partition coefficient (Wildman–Crippen LogP) is -1.05. The fourth-order valence-electron chi connectivity index (χ4n) is 2.80. The minimum Gasteiger partial charge on any atom is -0.390 e. The number of carbonyl (C=O) groups excluding carboxylic acids is 3. The second-order valence-corrected chi connectivity index (χ2v) is 6.50. The maximum atomic E-state index is 11.9. The van der Waals surface area contributed by atoms with Gasteiger partial charge in [0, 0.05) is 33.1 Å². The average molecular weight is 297 g/mol. The first kappa shape index (κ1) is 15.8. The zero-order chi connectivity index (χ0) is 15.8. The topological polar surface area (TPSA) is 90.0 Å². The molecule has 2 rings (SSSR count). The molecular weight excluding hydrogens is 274 g/mol. The Morgan fingerprint density at radius 1 is 1.33 bits per heavy atom. The molecular formula is C14H23N3O4. The van der Waals surface area contributed by atoms with Crippen LogP contribution < -0.4 is 5.32 Å². The highest BCUT2D eigenvalue weighted by Crippen LogP contribution is 2.26. The molecule has 21 heavy (non-hydrogen) atoms. The van der Waals surface area contributed by atoms with Crippen molar-refractivity contribution in [1.82, 2.24) is 15.1 Å². The van der Waals surface area contributed by atoms with Gasteiger partial charge in [-0.2, -0.15) is 0 Å². The molecule has 0 aliphatic carbocycles. The SMILES string of the molecule is CNC(=O)C1CC(=O)N(C2CN(C(=O)CC(C)(C)O)C2)C1. The molecule has 2 aliphatic heterocycles. The van der Waals surface area contributed by atoms with Gasteiger partial charge < -0.3 is 20.2 Å². The van der Waals surface area contributed by atoms with E-state index in [1.54, 1.807) is 30.7 Å². The maximum Gasteiger partial charge on any atom is 0.225 e. The van der Waals surface area contributed by atoms with Crippen molar-refractivity contribution in [3.8, 4) is 0 Å². The van der Waals surface area contributed by atoms with E-state index in [1.165, 1.54) is 0 Å². The molecule has 0 aromatic heterocycles. The normalized spacial score (nSPS) is 23.2. The highest BCUT2D eigenvalue weighted by molar-refractivity contribution is 5.89. The van der Waals surface area contributed by atoms with Crippen molar-refractivity contribution in [1.29, 1.82) is 0 Å². The van der Waals surface area contributed by atoms with E-state index in [0.717, 1.165) is 0 Å². The Morgan fingerprint density at radius 3 is 2.48 bits per heavy atom. The van der Waals surface area contributed by atoms with Crippen molar-refractivity contribution in [3.63, 3.8) is 0 Å². The lowest BCUT2D eigenvalue weighted by molar-refractivity contribution is -0.147. The first-order valence-electron chi connectivity index (χ1n) is 7.22. The lowest BCUT2D eigenvalue weighted by Gasteiger charge is -2.44. The Morgan fingerprint density at radius 2 is 1.95 bits per heavy atom. The van der Waals surface area contributed by atoms with Gasteiger partial charge in [-0.3, -0.25) is 14.4 Å². The van der Waals surface area contributed by atoms with E-state index in [0.29, 0.717) is 19.6 Å². The Hall–Kier alpha value is -1.63. The highest BCUT2D eigenvalue weighted by Gasteiger charge is 2.43. The zero-order valence-electron chi connectivity index (χ0n) is 12.8. The van der Waals surface area contributed by atoms with Crippen molar-refractivity contribution < 1.29 is 19.5 Å². The minimum atomic E-state index is -1.02. The van der Waals surface area contributed by atoms with Gasteiger partial charge in [0.2, 0.25) is 17.7 Å². The predicted molar refractivity (Wildman–Crippen MR) is 75.2 cm³/mol. The molecule has 0 saturated carbocycles. The van der Waals surface area contributed by atoms with Gasteiger partial charge in [0.1, 0.15) is 0 Å². The molecule has 0 spiro atoms. The molecule has 2 fully saturated rings. The van der Waals surface area contributed by atoms with E-state index < -0.39 is 5.60 Å². The second-order valence-electron chi connectivity index (χ2n) is 6.50.